The van der Waals surface area contributed by atoms with Crippen molar-refractivity contribution in [3.8, 4) is 0 Å². The molecule has 0 spiro atoms. The smallest absolute Gasteiger partial charge is 0.462 e. The molecule has 0 aromatic heterocycles. The van der Waals surface area contributed by atoms with Crippen molar-refractivity contribution in [3.05, 3.63) is 109 Å². The number of hydrogen-bond acceptors (Lipinski definition) is 10. The van der Waals surface area contributed by atoms with E-state index in [0.717, 1.165) is 109 Å². The van der Waals surface area contributed by atoms with Crippen LogP contribution >= 0.6 is 7.82 Å². The van der Waals surface area contributed by atoms with Crippen LogP contribution in [0.3, 0.4) is 0 Å². The molecule has 0 fully saturated rings. The van der Waals surface area contributed by atoms with Gasteiger partial charge in [-0.25, -0.2) is 4.57 Å². The van der Waals surface area contributed by atoms with E-state index < -0.39 is 57.8 Å². The summed E-state index contributed by atoms with van der Waals surface area (Å²) in [4.78, 5) is 48.5. The zero-order valence-corrected chi connectivity index (χ0v) is 48.8. The van der Waals surface area contributed by atoms with Crippen molar-refractivity contribution < 1.29 is 52.2 Å². The number of allylic oxidation sites excluding steroid dienone is 18. The van der Waals surface area contributed by atoms with Crippen LogP contribution in [0.15, 0.2) is 109 Å². The highest BCUT2D eigenvalue weighted by Gasteiger charge is 2.28. The molecule has 0 amide bonds. The molecule has 0 saturated carbocycles. The Morgan fingerprint density at radius 3 is 1.13 bits per heavy atom. The zero-order chi connectivity index (χ0) is 55.5. The monoisotopic (exact) mass is 1080 g/mol. The van der Waals surface area contributed by atoms with Gasteiger partial charge in [0.1, 0.15) is 12.7 Å². The van der Waals surface area contributed by atoms with Gasteiger partial charge in [-0.15, -0.1) is 0 Å². The summed E-state index contributed by atoms with van der Waals surface area (Å²) in [5, 5.41) is 9.80. The number of carbonyl (C=O) groups is 3. The third-order valence-electron chi connectivity index (χ3n) is 12.2. The molecule has 3 atom stereocenters. The average Bonchev–Trinajstić information content (AvgIpc) is 3.41. The minimum atomic E-state index is -4.77. The summed E-state index contributed by atoms with van der Waals surface area (Å²) in [6.07, 6.45) is 69.2. The molecule has 76 heavy (non-hydrogen) atoms. The molecular weight excluding hydrogens is 976 g/mol. The van der Waals surface area contributed by atoms with Crippen molar-refractivity contribution in [3.63, 3.8) is 0 Å². The van der Waals surface area contributed by atoms with E-state index in [1.54, 1.807) is 0 Å². The predicted octanol–water partition coefficient (Wildman–Crippen LogP) is 17.8. The molecule has 12 heteroatoms. The lowest BCUT2D eigenvalue weighted by atomic mass is 10.1. The summed E-state index contributed by atoms with van der Waals surface area (Å²) >= 11 is 0. The summed E-state index contributed by atoms with van der Waals surface area (Å²) in [7, 11) is -4.77. The second-order valence-corrected chi connectivity index (χ2v) is 20.9. The molecule has 0 saturated heterocycles. The molecule has 0 aliphatic carbocycles. The lowest BCUT2D eigenvalue weighted by molar-refractivity contribution is -0.161. The molecule has 434 valence electrons. The number of ether oxygens (including phenoxy) is 3. The van der Waals surface area contributed by atoms with Gasteiger partial charge in [-0.1, -0.05) is 233 Å². The number of phosphoric acid groups is 1. The summed E-state index contributed by atoms with van der Waals surface area (Å²) in [6, 6.07) is 0. The first-order valence-electron chi connectivity index (χ1n) is 29.8. The molecule has 3 unspecified atom stereocenters. The SMILES string of the molecule is CC/C=C\C/C=C\C/C=C\C/C=C\C/C=C\C/C=C\CCC(=O)OCC(COP(=O)(O)OCC(CO)OC(=O)CCCCCCCCCCCCC)OC(=O)CCCCCCCC/C=C\C/C=C\C/C=C\CCCCC. The van der Waals surface area contributed by atoms with Crippen molar-refractivity contribution in [1.82, 2.24) is 0 Å². The second kappa shape index (κ2) is 57.3. The van der Waals surface area contributed by atoms with Crippen LogP contribution in [0.5, 0.6) is 0 Å². The quantitative estimate of drug-likeness (QED) is 0.0197. The van der Waals surface area contributed by atoms with E-state index >= 15 is 0 Å². The summed E-state index contributed by atoms with van der Waals surface area (Å²) in [6.45, 7) is 4.40. The molecule has 0 aromatic rings. The van der Waals surface area contributed by atoms with Crippen molar-refractivity contribution in [2.45, 2.75) is 251 Å². The number of unbranched alkanes of at least 4 members (excludes halogenated alkanes) is 19. The number of aliphatic hydroxyl groups excluding tert-OH is 1. The van der Waals surface area contributed by atoms with Gasteiger partial charge < -0.3 is 24.2 Å². The number of phosphoric ester groups is 1. The van der Waals surface area contributed by atoms with Gasteiger partial charge in [-0.05, 0) is 96.3 Å². The van der Waals surface area contributed by atoms with E-state index in [2.05, 4.69) is 118 Å². The molecular formula is C64H107O11P. The highest BCUT2D eigenvalue weighted by molar-refractivity contribution is 7.47. The van der Waals surface area contributed by atoms with E-state index in [4.69, 9.17) is 23.3 Å². The van der Waals surface area contributed by atoms with Crippen molar-refractivity contribution in [1.29, 1.82) is 0 Å². The molecule has 0 aliphatic rings. The fraction of sp³-hybridized carbons (Fsp3) is 0.672. The Hall–Kier alpha value is -3.86. The van der Waals surface area contributed by atoms with Crippen LogP contribution in [0.2, 0.25) is 0 Å². The third-order valence-corrected chi connectivity index (χ3v) is 13.1. The highest BCUT2D eigenvalue weighted by atomic mass is 31.2. The largest absolute Gasteiger partial charge is 0.472 e. The molecule has 0 radical (unpaired) electrons. The van der Waals surface area contributed by atoms with Gasteiger partial charge in [0.2, 0.25) is 0 Å². The van der Waals surface area contributed by atoms with Crippen LogP contribution in [0.25, 0.3) is 0 Å². The van der Waals surface area contributed by atoms with Crippen molar-refractivity contribution in [2.24, 2.45) is 0 Å². The Morgan fingerprint density at radius 1 is 0.382 bits per heavy atom. The van der Waals surface area contributed by atoms with Crippen molar-refractivity contribution >= 4 is 25.7 Å². The maximum absolute atomic E-state index is 12.9. The maximum atomic E-state index is 12.9. The summed E-state index contributed by atoms with van der Waals surface area (Å²) in [5.41, 5.74) is 0. The Bertz CT molecular complexity index is 1690. The number of aliphatic hydroxyl groups is 1. The van der Waals surface area contributed by atoms with Crippen LogP contribution in [0.4, 0.5) is 0 Å². The van der Waals surface area contributed by atoms with Crippen LogP contribution < -0.4 is 0 Å². The first kappa shape index (κ1) is 72.1. The lowest BCUT2D eigenvalue weighted by Crippen LogP contribution is -2.30. The van der Waals surface area contributed by atoms with E-state index in [0.29, 0.717) is 19.3 Å². The molecule has 0 rings (SSSR count). The number of hydrogen-bond donors (Lipinski definition) is 2. The van der Waals surface area contributed by atoms with Crippen LogP contribution in [-0.2, 0) is 42.2 Å². The summed E-state index contributed by atoms with van der Waals surface area (Å²) in [5.74, 6) is -1.59. The van der Waals surface area contributed by atoms with E-state index in [-0.39, 0.29) is 25.9 Å². The van der Waals surface area contributed by atoms with Gasteiger partial charge in [-0.2, -0.15) is 0 Å². The first-order valence-corrected chi connectivity index (χ1v) is 31.3. The Morgan fingerprint density at radius 2 is 0.711 bits per heavy atom. The molecule has 0 aliphatic heterocycles. The number of rotatable bonds is 54. The van der Waals surface area contributed by atoms with Gasteiger partial charge in [0.05, 0.1) is 19.8 Å². The van der Waals surface area contributed by atoms with Gasteiger partial charge in [0, 0.05) is 19.3 Å². The first-order chi connectivity index (χ1) is 37.2. The van der Waals surface area contributed by atoms with Crippen LogP contribution in [0.1, 0.15) is 239 Å². The Balaban J connectivity index is 4.86. The van der Waals surface area contributed by atoms with Gasteiger partial charge in [0.25, 0.3) is 0 Å². The van der Waals surface area contributed by atoms with E-state index in [9.17, 15) is 28.9 Å². The number of carbonyl (C=O) groups excluding carboxylic acids is 3. The van der Waals surface area contributed by atoms with Crippen LogP contribution in [-0.4, -0.2) is 66.5 Å². The normalized spacial score (nSPS) is 14.1. The van der Waals surface area contributed by atoms with Gasteiger partial charge in [-0.3, -0.25) is 23.4 Å². The fourth-order valence-corrected chi connectivity index (χ4v) is 8.47. The molecule has 2 N–H and O–H groups in total. The van der Waals surface area contributed by atoms with E-state index in [1.165, 1.54) is 70.6 Å². The standard InChI is InChI=1S/C64H107O11P/c1-4-7-10-13-16-19-22-24-26-28-30-32-34-36-39-41-44-47-50-53-62(66)71-57-61(75-64(68)55-52-49-46-43-40-37-35-33-31-29-27-25-23-20-17-14-11-8-5-2)59-73-76(69,70)72-58-60(56-65)74-63(67)54-51-48-45-42-38-21-18-15-12-9-6-3/h7,10,16-17,19-20,24-27,30-33,36,39,44,47,60-61,65H,4-6,8-9,11-15,18,21-23,28-29,34-35,37-38,40-43,45-46,48-59H2,1-3H3,(H,69,70)/b10-7-,19-16-,20-17-,26-24-,27-25-,32-30-,33-31-,39-36-,47-44-. The topological polar surface area (TPSA) is 155 Å². The minimum Gasteiger partial charge on any atom is -0.462 e. The average molecular weight is 1080 g/mol. The molecule has 11 nitrogen and oxygen atoms in total. The third kappa shape index (κ3) is 54.9. The predicted molar refractivity (Wildman–Crippen MR) is 316 cm³/mol. The second-order valence-electron chi connectivity index (χ2n) is 19.4. The summed E-state index contributed by atoms with van der Waals surface area (Å²) < 4.78 is 39.4. The van der Waals surface area contributed by atoms with Gasteiger partial charge >= 0.3 is 25.7 Å². The highest BCUT2D eigenvalue weighted by Crippen LogP contribution is 2.43. The van der Waals surface area contributed by atoms with Crippen molar-refractivity contribution in [2.75, 3.05) is 26.4 Å². The Kier molecular flexibility index (Phi) is 54.4. The maximum Gasteiger partial charge on any atom is 0.472 e. The lowest BCUT2D eigenvalue weighted by Gasteiger charge is -2.21. The zero-order valence-electron chi connectivity index (χ0n) is 47.9. The molecule has 0 aromatic carbocycles. The van der Waals surface area contributed by atoms with Crippen LogP contribution in [0, 0.1) is 0 Å². The van der Waals surface area contributed by atoms with Gasteiger partial charge in [0.15, 0.2) is 6.10 Å². The molecule has 0 heterocycles. The fourth-order valence-electron chi connectivity index (χ4n) is 7.68. The van der Waals surface area contributed by atoms with E-state index in [1.807, 2.05) is 12.2 Å². The molecule has 0 bridgehead atoms. The Labute approximate surface area is 463 Å². The minimum absolute atomic E-state index is 0.0941. The number of esters is 3.